The largest absolute Gasteiger partial charge is 0.383 e. The number of ether oxygens (including phenoxy) is 1. The Morgan fingerprint density at radius 3 is 2.58 bits per heavy atom. The number of methoxy groups -OCH3 is 1. The summed E-state index contributed by atoms with van der Waals surface area (Å²) in [6.45, 7) is 7.26. The van der Waals surface area contributed by atoms with Gasteiger partial charge in [0.15, 0.2) is 0 Å². The van der Waals surface area contributed by atoms with Crippen LogP contribution in [0.4, 0.5) is 0 Å². The third-order valence-electron chi connectivity index (χ3n) is 3.87. The maximum absolute atomic E-state index is 5.57. The lowest BCUT2D eigenvalue weighted by molar-refractivity contribution is 0.178. The van der Waals surface area contributed by atoms with E-state index < -0.39 is 0 Å². The summed E-state index contributed by atoms with van der Waals surface area (Å²) in [4.78, 5) is 4.79. The molecule has 5 nitrogen and oxygen atoms in total. The van der Waals surface area contributed by atoms with E-state index in [0.717, 1.165) is 6.42 Å². The number of rotatable bonds is 5. The quantitative estimate of drug-likeness (QED) is 0.307. The molecule has 1 aliphatic carbocycles. The summed E-state index contributed by atoms with van der Waals surface area (Å²) < 4.78 is 5.11. The molecule has 0 spiro atoms. The van der Waals surface area contributed by atoms with Crippen LogP contribution in [0.15, 0.2) is 4.99 Å². The fourth-order valence-electron chi connectivity index (χ4n) is 2.88. The van der Waals surface area contributed by atoms with Crippen LogP contribution in [0.5, 0.6) is 0 Å². The molecule has 0 aromatic rings. The minimum Gasteiger partial charge on any atom is -0.383 e. The number of guanidine groups is 1. The van der Waals surface area contributed by atoms with Gasteiger partial charge in [-0.05, 0) is 31.6 Å². The van der Waals surface area contributed by atoms with Crippen LogP contribution in [0.3, 0.4) is 0 Å². The number of hydrogen-bond donors (Lipinski definition) is 3. The first-order chi connectivity index (χ1) is 9.08. The average Bonchev–Trinajstić information content (AvgIpc) is 2.38. The highest BCUT2D eigenvalue weighted by Crippen LogP contribution is 2.32. The predicted octanol–water partition coefficient (Wildman–Crippen LogP) is 1.65. The van der Waals surface area contributed by atoms with Crippen molar-refractivity contribution in [3.05, 3.63) is 0 Å². The summed E-state index contributed by atoms with van der Waals surface area (Å²) in [6, 6.07) is 0.572. The Kier molecular flexibility index (Phi) is 7.16. The smallest absolute Gasteiger partial charge is 0.206 e. The van der Waals surface area contributed by atoms with Gasteiger partial charge in [-0.15, -0.1) is 0 Å². The number of nitrogens with one attached hydrogen (secondary N) is 2. The normalized spacial score (nSPS) is 26.3. The van der Waals surface area contributed by atoms with Gasteiger partial charge in [-0.25, -0.2) is 10.8 Å². The number of aliphatic imine (C=N–C) groups is 1. The molecule has 1 aliphatic rings. The van der Waals surface area contributed by atoms with Crippen molar-refractivity contribution >= 4 is 5.96 Å². The number of hydrazine groups is 1. The predicted molar refractivity (Wildman–Crippen MR) is 79.8 cm³/mol. The molecular weight excluding hydrogens is 240 g/mol. The molecule has 1 fully saturated rings. The summed E-state index contributed by atoms with van der Waals surface area (Å²) in [5.41, 5.74) is 2.68. The van der Waals surface area contributed by atoms with Gasteiger partial charge in [0.25, 0.3) is 0 Å². The lowest BCUT2D eigenvalue weighted by Gasteiger charge is -2.32. The molecule has 19 heavy (non-hydrogen) atoms. The Bertz CT molecular complexity index is 281. The molecule has 3 unspecified atom stereocenters. The van der Waals surface area contributed by atoms with Crippen LogP contribution in [0.2, 0.25) is 0 Å². The van der Waals surface area contributed by atoms with Crippen molar-refractivity contribution < 1.29 is 4.74 Å². The van der Waals surface area contributed by atoms with E-state index in [1.54, 1.807) is 7.11 Å². The maximum atomic E-state index is 5.57. The van der Waals surface area contributed by atoms with Crippen LogP contribution in [0, 0.1) is 11.8 Å². The van der Waals surface area contributed by atoms with Gasteiger partial charge < -0.3 is 10.1 Å². The molecule has 0 saturated heterocycles. The van der Waals surface area contributed by atoms with Gasteiger partial charge in [-0.3, -0.25) is 5.43 Å². The van der Waals surface area contributed by atoms with E-state index in [1.807, 2.05) is 0 Å². The van der Waals surface area contributed by atoms with E-state index in [-0.39, 0.29) is 6.04 Å². The molecule has 3 atom stereocenters. The lowest BCUT2D eigenvalue weighted by Crippen LogP contribution is -2.48. The molecule has 0 radical (unpaired) electrons. The minimum atomic E-state index is 0.195. The second-order valence-electron chi connectivity index (χ2n) is 5.88. The third kappa shape index (κ3) is 5.37. The SMILES string of the molecule is COCC(C)NC(=NC1CCCCC1C(C)C)NN. The third-order valence-corrected chi connectivity index (χ3v) is 3.87. The van der Waals surface area contributed by atoms with Gasteiger partial charge >= 0.3 is 0 Å². The van der Waals surface area contributed by atoms with Crippen LogP contribution in [0.1, 0.15) is 46.5 Å². The molecule has 5 heteroatoms. The van der Waals surface area contributed by atoms with Crippen molar-refractivity contribution in [3.8, 4) is 0 Å². The zero-order valence-electron chi connectivity index (χ0n) is 12.8. The molecule has 1 saturated carbocycles. The highest BCUT2D eigenvalue weighted by molar-refractivity contribution is 5.79. The van der Waals surface area contributed by atoms with Gasteiger partial charge in [0.1, 0.15) is 0 Å². The van der Waals surface area contributed by atoms with Crippen LogP contribution in [-0.2, 0) is 4.74 Å². The van der Waals surface area contributed by atoms with E-state index in [9.17, 15) is 0 Å². The van der Waals surface area contributed by atoms with Crippen LogP contribution in [0.25, 0.3) is 0 Å². The van der Waals surface area contributed by atoms with Gasteiger partial charge in [0, 0.05) is 13.2 Å². The first-order valence-corrected chi connectivity index (χ1v) is 7.38. The Hall–Kier alpha value is -0.810. The summed E-state index contributed by atoms with van der Waals surface area (Å²) in [5, 5.41) is 3.26. The van der Waals surface area contributed by atoms with E-state index in [4.69, 9.17) is 15.6 Å². The van der Waals surface area contributed by atoms with Gasteiger partial charge in [0.2, 0.25) is 5.96 Å². The van der Waals surface area contributed by atoms with Gasteiger partial charge in [0.05, 0.1) is 12.6 Å². The average molecular weight is 270 g/mol. The van der Waals surface area contributed by atoms with Crippen molar-refractivity contribution in [3.63, 3.8) is 0 Å². The minimum absolute atomic E-state index is 0.195. The summed E-state index contributed by atoms with van der Waals surface area (Å²) in [5.74, 6) is 7.59. The summed E-state index contributed by atoms with van der Waals surface area (Å²) in [6.07, 6.45) is 5.03. The fraction of sp³-hybridized carbons (Fsp3) is 0.929. The Balaban J connectivity index is 2.65. The maximum Gasteiger partial charge on any atom is 0.206 e. The monoisotopic (exact) mass is 270 g/mol. The molecule has 4 N–H and O–H groups in total. The summed E-state index contributed by atoms with van der Waals surface area (Å²) >= 11 is 0. The van der Waals surface area contributed by atoms with Crippen LogP contribution in [-0.4, -0.2) is 31.8 Å². The highest BCUT2D eigenvalue weighted by atomic mass is 16.5. The molecule has 0 heterocycles. The second kappa shape index (κ2) is 8.38. The van der Waals surface area contributed by atoms with E-state index in [1.165, 1.54) is 19.3 Å². The number of nitrogens with zero attached hydrogens (tertiary/aromatic N) is 1. The van der Waals surface area contributed by atoms with Gasteiger partial charge in [-0.1, -0.05) is 26.7 Å². The van der Waals surface area contributed by atoms with E-state index in [2.05, 4.69) is 31.5 Å². The van der Waals surface area contributed by atoms with Crippen molar-refractivity contribution in [2.45, 2.75) is 58.5 Å². The van der Waals surface area contributed by atoms with Crippen LogP contribution < -0.4 is 16.6 Å². The molecule has 0 aliphatic heterocycles. The second-order valence-corrected chi connectivity index (χ2v) is 5.88. The fourth-order valence-corrected chi connectivity index (χ4v) is 2.88. The number of nitrogens with two attached hydrogens (primary N) is 1. The molecule has 0 amide bonds. The number of hydrogen-bond acceptors (Lipinski definition) is 3. The molecule has 1 rings (SSSR count). The Morgan fingerprint density at radius 2 is 2.00 bits per heavy atom. The first kappa shape index (κ1) is 16.2. The zero-order valence-corrected chi connectivity index (χ0v) is 12.8. The van der Waals surface area contributed by atoms with E-state index >= 15 is 0 Å². The highest BCUT2D eigenvalue weighted by Gasteiger charge is 2.27. The van der Waals surface area contributed by atoms with E-state index in [0.29, 0.717) is 30.4 Å². The Morgan fingerprint density at radius 1 is 1.32 bits per heavy atom. The Labute approximate surface area is 117 Å². The topological polar surface area (TPSA) is 71.7 Å². The molecule has 112 valence electrons. The molecule has 0 bridgehead atoms. The van der Waals surface area contributed by atoms with Crippen LogP contribution >= 0.6 is 0 Å². The standard InChI is InChI=1S/C14H30N4O/c1-10(2)12-7-5-6-8-13(12)17-14(18-15)16-11(3)9-19-4/h10-13H,5-9,15H2,1-4H3,(H2,16,17,18). The van der Waals surface area contributed by atoms with Crippen molar-refractivity contribution in [2.75, 3.05) is 13.7 Å². The molecule has 0 aromatic carbocycles. The van der Waals surface area contributed by atoms with Crippen molar-refractivity contribution in [1.29, 1.82) is 0 Å². The lowest BCUT2D eigenvalue weighted by atomic mass is 9.78. The summed E-state index contributed by atoms with van der Waals surface area (Å²) in [7, 11) is 1.70. The molecular formula is C14H30N4O. The van der Waals surface area contributed by atoms with Gasteiger partial charge in [-0.2, -0.15) is 0 Å². The zero-order chi connectivity index (χ0) is 14.3. The van der Waals surface area contributed by atoms with Crippen molar-refractivity contribution in [1.82, 2.24) is 10.7 Å². The van der Waals surface area contributed by atoms with Crippen molar-refractivity contribution in [2.24, 2.45) is 22.7 Å². The molecule has 0 aromatic heterocycles. The first-order valence-electron chi connectivity index (χ1n) is 7.38.